The molecule has 0 aromatic heterocycles. The van der Waals surface area contributed by atoms with E-state index in [9.17, 15) is 5.11 Å². The van der Waals surface area contributed by atoms with Gasteiger partial charge in [0.05, 0.1) is 6.10 Å². The van der Waals surface area contributed by atoms with Gasteiger partial charge < -0.3 is 15.2 Å². The minimum atomic E-state index is 0.331. The van der Waals surface area contributed by atoms with Gasteiger partial charge in [0.25, 0.3) is 0 Å². The molecule has 2 N–H and O–H groups in total. The number of ether oxygens (including phenoxy) is 1. The van der Waals surface area contributed by atoms with Crippen LogP contribution in [0.1, 0.15) is 32.3 Å². The fraction of sp³-hybridized carbons (Fsp3) is 0.600. The van der Waals surface area contributed by atoms with E-state index in [0.717, 1.165) is 25.9 Å². The van der Waals surface area contributed by atoms with Crippen LogP contribution in [-0.4, -0.2) is 29.9 Å². The summed E-state index contributed by atoms with van der Waals surface area (Å²) in [5, 5.41) is 12.9. The molecule has 1 saturated heterocycles. The number of phenols is 1. The molecule has 3 unspecified atom stereocenters. The molecule has 1 aliphatic heterocycles. The van der Waals surface area contributed by atoms with Crippen molar-refractivity contribution in [2.75, 3.05) is 6.61 Å². The lowest BCUT2D eigenvalue weighted by molar-refractivity contribution is 0.0116. The van der Waals surface area contributed by atoms with Crippen LogP contribution >= 0.6 is 0 Å². The van der Waals surface area contributed by atoms with E-state index in [2.05, 4.69) is 19.2 Å². The number of hydrogen-bond donors (Lipinski definition) is 2. The standard InChI is InChI=1S/C15H23NO2/c1-11(9-13-3-5-15(17)6-4-13)16-14-7-8-18-12(2)10-14/h3-6,11-12,14,16-17H,7-10H2,1-2H3. The zero-order valence-corrected chi connectivity index (χ0v) is 11.2. The lowest BCUT2D eigenvalue weighted by atomic mass is 10.0. The van der Waals surface area contributed by atoms with Crippen LogP contribution in [-0.2, 0) is 11.2 Å². The van der Waals surface area contributed by atoms with Crippen molar-refractivity contribution >= 4 is 0 Å². The summed E-state index contributed by atoms with van der Waals surface area (Å²) in [4.78, 5) is 0. The molecule has 1 aliphatic rings. The van der Waals surface area contributed by atoms with Crippen LogP contribution < -0.4 is 5.32 Å². The lowest BCUT2D eigenvalue weighted by Crippen LogP contribution is -2.43. The maximum atomic E-state index is 9.25. The van der Waals surface area contributed by atoms with Crippen LogP contribution in [0, 0.1) is 0 Å². The Bertz CT molecular complexity index is 363. The molecule has 0 radical (unpaired) electrons. The van der Waals surface area contributed by atoms with Gasteiger partial charge in [-0.3, -0.25) is 0 Å². The molecule has 3 nitrogen and oxygen atoms in total. The van der Waals surface area contributed by atoms with E-state index >= 15 is 0 Å². The van der Waals surface area contributed by atoms with Crippen molar-refractivity contribution in [2.24, 2.45) is 0 Å². The number of aromatic hydroxyl groups is 1. The molecule has 100 valence electrons. The molecule has 3 heteroatoms. The summed E-state index contributed by atoms with van der Waals surface area (Å²) in [5.74, 6) is 0.331. The van der Waals surface area contributed by atoms with Gasteiger partial charge in [-0.1, -0.05) is 12.1 Å². The van der Waals surface area contributed by atoms with Gasteiger partial charge in [0, 0.05) is 18.7 Å². The highest BCUT2D eigenvalue weighted by Crippen LogP contribution is 2.15. The van der Waals surface area contributed by atoms with E-state index in [0.29, 0.717) is 23.9 Å². The second-order valence-corrected chi connectivity index (χ2v) is 5.34. The second kappa shape index (κ2) is 6.21. The normalized spacial score (nSPS) is 25.9. The monoisotopic (exact) mass is 249 g/mol. The second-order valence-electron chi connectivity index (χ2n) is 5.34. The van der Waals surface area contributed by atoms with Gasteiger partial charge in [0.15, 0.2) is 0 Å². The quantitative estimate of drug-likeness (QED) is 0.861. The number of benzene rings is 1. The highest BCUT2D eigenvalue weighted by molar-refractivity contribution is 5.26. The van der Waals surface area contributed by atoms with E-state index in [-0.39, 0.29) is 0 Å². The number of nitrogens with one attached hydrogen (secondary N) is 1. The van der Waals surface area contributed by atoms with Crippen LogP contribution in [0.5, 0.6) is 5.75 Å². The summed E-state index contributed by atoms with van der Waals surface area (Å²) < 4.78 is 5.55. The first kappa shape index (κ1) is 13.4. The van der Waals surface area contributed by atoms with Gasteiger partial charge in [-0.05, 0) is 50.8 Å². The van der Waals surface area contributed by atoms with Crippen molar-refractivity contribution in [1.82, 2.24) is 5.32 Å². The first-order chi connectivity index (χ1) is 8.63. The van der Waals surface area contributed by atoms with Gasteiger partial charge in [0.1, 0.15) is 5.75 Å². The lowest BCUT2D eigenvalue weighted by Gasteiger charge is -2.30. The van der Waals surface area contributed by atoms with Crippen molar-refractivity contribution in [1.29, 1.82) is 0 Å². The van der Waals surface area contributed by atoms with Gasteiger partial charge in [-0.15, -0.1) is 0 Å². The average Bonchev–Trinajstić information content (AvgIpc) is 2.32. The molecule has 0 spiro atoms. The molecule has 18 heavy (non-hydrogen) atoms. The Balaban J connectivity index is 1.81. The smallest absolute Gasteiger partial charge is 0.115 e. The molecule has 2 rings (SSSR count). The Morgan fingerprint density at radius 3 is 2.78 bits per heavy atom. The topological polar surface area (TPSA) is 41.5 Å². The first-order valence-electron chi connectivity index (χ1n) is 6.79. The minimum absolute atomic E-state index is 0.331. The van der Waals surface area contributed by atoms with Crippen molar-refractivity contribution in [3.63, 3.8) is 0 Å². The summed E-state index contributed by atoms with van der Waals surface area (Å²) in [6, 6.07) is 8.49. The fourth-order valence-electron chi connectivity index (χ4n) is 2.60. The molecule has 1 aromatic rings. The number of hydrogen-bond acceptors (Lipinski definition) is 3. The average molecular weight is 249 g/mol. The summed E-state index contributed by atoms with van der Waals surface area (Å²) in [5.41, 5.74) is 1.26. The summed E-state index contributed by atoms with van der Waals surface area (Å²) in [7, 11) is 0. The maximum Gasteiger partial charge on any atom is 0.115 e. The fourth-order valence-corrected chi connectivity index (χ4v) is 2.60. The first-order valence-corrected chi connectivity index (χ1v) is 6.79. The van der Waals surface area contributed by atoms with Crippen LogP contribution in [0.3, 0.4) is 0 Å². The van der Waals surface area contributed by atoms with Crippen molar-refractivity contribution in [3.8, 4) is 5.75 Å². The zero-order valence-electron chi connectivity index (χ0n) is 11.2. The van der Waals surface area contributed by atoms with E-state index in [1.807, 2.05) is 12.1 Å². The SMILES string of the molecule is CC(Cc1ccc(O)cc1)NC1CCOC(C)C1. The van der Waals surface area contributed by atoms with Gasteiger partial charge >= 0.3 is 0 Å². The molecule has 3 atom stereocenters. The molecule has 1 aromatic carbocycles. The number of rotatable bonds is 4. The largest absolute Gasteiger partial charge is 0.508 e. The zero-order chi connectivity index (χ0) is 13.0. The molecule has 0 bridgehead atoms. The van der Waals surface area contributed by atoms with E-state index in [1.165, 1.54) is 5.56 Å². The predicted octanol–water partition coefficient (Wildman–Crippen LogP) is 2.48. The van der Waals surface area contributed by atoms with Crippen molar-refractivity contribution in [2.45, 2.75) is 51.3 Å². The summed E-state index contributed by atoms with van der Waals surface area (Å²) in [6.07, 6.45) is 3.56. The predicted molar refractivity (Wildman–Crippen MR) is 72.8 cm³/mol. The van der Waals surface area contributed by atoms with Crippen LogP contribution in [0.2, 0.25) is 0 Å². The Morgan fingerprint density at radius 1 is 1.39 bits per heavy atom. The van der Waals surface area contributed by atoms with Crippen molar-refractivity contribution < 1.29 is 9.84 Å². The Kier molecular flexibility index (Phi) is 4.61. The third-order valence-corrected chi connectivity index (χ3v) is 3.48. The van der Waals surface area contributed by atoms with Gasteiger partial charge in [-0.25, -0.2) is 0 Å². The molecule has 1 heterocycles. The third kappa shape index (κ3) is 4.00. The molecule has 0 amide bonds. The molecular formula is C15H23NO2. The Hall–Kier alpha value is -1.06. The van der Waals surface area contributed by atoms with Crippen LogP contribution in [0.4, 0.5) is 0 Å². The number of phenolic OH excluding ortho intramolecular Hbond substituents is 1. The molecule has 1 fully saturated rings. The molecular weight excluding hydrogens is 226 g/mol. The van der Waals surface area contributed by atoms with Gasteiger partial charge in [-0.2, -0.15) is 0 Å². The highest BCUT2D eigenvalue weighted by atomic mass is 16.5. The van der Waals surface area contributed by atoms with E-state index in [4.69, 9.17) is 4.74 Å². The van der Waals surface area contributed by atoms with E-state index < -0.39 is 0 Å². The highest BCUT2D eigenvalue weighted by Gasteiger charge is 2.20. The molecule has 0 aliphatic carbocycles. The third-order valence-electron chi connectivity index (χ3n) is 3.48. The summed E-state index contributed by atoms with van der Waals surface area (Å²) >= 11 is 0. The molecule has 0 saturated carbocycles. The Morgan fingerprint density at radius 2 is 2.11 bits per heavy atom. The minimum Gasteiger partial charge on any atom is -0.508 e. The van der Waals surface area contributed by atoms with Crippen LogP contribution in [0.25, 0.3) is 0 Å². The van der Waals surface area contributed by atoms with Crippen LogP contribution in [0.15, 0.2) is 24.3 Å². The Labute approximate surface area is 109 Å². The van der Waals surface area contributed by atoms with E-state index in [1.54, 1.807) is 12.1 Å². The summed E-state index contributed by atoms with van der Waals surface area (Å²) in [6.45, 7) is 5.22. The van der Waals surface area contributed by atoms with Gasteiger partial charge in [0.2, 0.25) is 0 Å². The van der Waals surface area contributed by atoms with Crippen molar-refractivity contribution in [3.05, 3.63) is 29.8 Å². The maximum absolute atomic E-state index is 9.25.